The van der Waals surface area contributed by atoms with Crippen molar-refractivity contribution in [3.63, 3.8) is 0 Å². The molecule has 0 aliphatic carbocycles. The number of aryl methyl sites for hydroxylation is 1. The van der Waals surface area contributed by atoms with Crippen molar-refractivity contribution in [1.82, 2.24) is 4.90 Å². The summed E-state index contributed by atoms with van der Waals surface area (Å²) in [5, 5.41) is 2.89. The molecule has 1 aliphatic rings. The van der Waals surface area contributed by atoms with Gasteiger partial charge in [0.1, 0.15) is 4.70 Å². The third-order valence-corrected chi connectivity index (χ3v) is 11.6. The minimum absolute atomic E-state index is 0.172. The molecule has 4 rings (SSSR count). The summed E-state index contributed by atoms with van der Waals surface area (Å²) >= 11 is 15.6. The van der Waals surface area contributed by atoms with Crippen LogP contribution in [0.25, 0.3) is 16.3 Å². The van der Waals surface area contributed by atoms with Crippen LogP contribution >= 0.6 is 46.3 Å². The van der Waals surface area contributed by atoms with Crippen molar-refractivity contribution in [2.75, 3.05) is 42.6 Å². The number of fused-ring (bicyclic) bond motifs is 2. The summed E-state index contributed by atoms with van der Waals surface area (Å²) in [6, 6.07) is 11.1. The molecule has 0 fully saturated rings. The highest BCUT2D eigenvalue weighted by atomic mass is 35.5. The van der Waals surface area contributed by atoms with Gasteiger partial charge in [0, 0.05) is 45.8 Å². The van der Waals surface area contributed by atoms with Crippen molar-refractivity contribution >= 4 is 88.5 Å². The molecule has 254 valence electrons. The number of thioether (sulfide) groups is 1. The molecule has 0 saturated carbocycles. The molecule has 3 aromatic rings. The molecule has 0 radical (unpaired) electrons. The second-order valence-electron chi connectivity index (χ2n) is 10.5. The lowest BCUT2D eigenvalue weighted by atomic mass is 10.2. The van der Waals surface area contributed by atoms with Crippen LogP contribution in [-0.2, 0) is 26.8 Å². The third kappa shape index (κ3) is 11.8. The van der Waals surface area contributed by atoms with Crippen molar-refractivity contribution in [3.05, 3.63) is 68.1 Å². The van der Waals surface area contributed by atoms with E-state index in [-0.39, 0.29) is 18.6 Å². The first-order valence-electron chi connectivity index (χ1n) is 15.1. The quantitative estimate of drug-likeness (QED) is 0.134. The standard InChI is InChI=1S/C25H26Cl2N2O6S4.C6H15N/c1-2-17(13-24-28(9-3-11-38(30,31)32)20-15-18(26)5-7-22(20)36-24)14-25-29(10-4-12-39(33,34)35)21-16-19(27)6-8-23(21)37-25;1-4-7(5-2)6-3/h5-8,13-16H,2-4,9-12H2,1H3,(H-,30,31,32,33,34,35);4-6H2,1-3H3. The summed E-state index contributed by atoms with van der Waals surface area (Å²) in [7, 11) is -8.41. The first-order valence-corrected chi connectivity index (χ1v) is 20.7. The summed E-state index contributed by atoms with van der Waals surface area (Å²) in [6.07, 6.45) is 5.16. The van der Waals surface area contributed by atoms with Gasteiger partial charge in [-0.15, -0.1) is 0 Å². The predicted octanol–water partition coefficient (Wildman–Crippen LogP) is 7.30. The van der Waals surface area contributed by atoms with Gasteiger partial charge >= 0.3 is 0 Å². The highest BCUT2D eigenvalue weighted by molar-refractivity contribution is 8.03. The lowest BCUT2D eigenvalue weighted by Crippen LogP contribution is -2.36. The maximum Gasteiger partial charge on any atom is 0.264 e. The number of hydrogen-bond acceptors (Lipinski definition) is 9. The molecule has 2 aromatic carbocycles. The largest absolute Gasteiger partial charge is 0.748 e. The van der Waals surface area contributed by atoms with Gasteiger partial charge < -0.3 is 14.4 Å². The Hall–Kier alpha value is -1.68. The van der Waals surface area contributed by atoms with Crippen LogP contribution < -0.4 is 9.47 Å². The SMILES string of the molecule is CCC(=C/c1sc2ccc(Cl)cc2[n+]1CCCS(=O)(=O)[O-])/C=C1/Sc2ccc(Cl)cc2N1CCCS(=O)(=O)O.CCN(CC)CC. The molecule has 9 nitrogen and oxygen atoms in total. The van der Waals surface area contributed by atoms with E-state index in [9.17, 15) is 25.9 Å². The molecule has 0 saturated heterocycles. The summed E-state index contributed by atoms with van der Waals surface area (Å²) in [4.78, 5) is 5.36. The number of hydrogen-bond donors (Lipinski definition) is 1. The lowest BCUT2D eigenvalue weighted by molar-refractivity contribution is -0.668. The smallest absolute Gasteiger partial charge is 0.264 e. The van der Waals surface area contributed by atoms with E-state index in [1.165, 1.54) is 31.0 Å². The van der Waals surface area contributed by atoms with Gasteiger partial charge in [0.05, 0.1) is 26.6 Å². The fraction of sp³-hybridized carbons (Fsp3) is 0.452. The number of nitrogens with zero attached hydrogens (tertiary/aromatic N) is 3. The van der Waals surface area contributed by atoms with Crippen molar-refractivity contribution in [2.24, 2.45) is 0 Å². The Kier molecular flexibility index (Phi) is 14.9. The number of halogens is 2. The van der Waals surface area contributed by atoms with E-state index in [0.717, 1.165) is 36.4 Å². The van der Waals surface area contributed by atoms with Crippen molar-refractivity contribution in [2.45, 2.75) is 58.4 Å². The zero-order valence-corrected chi connectivity index (χ0v) is 31.2. The molecular formula is C31H41Cl2N3O6S4. The Bertz CT molecular complexity index is 1770. The molecule has 0 amide bonds. The summed E-state index contributed by atoms with van der Waals surface area (Å²) in [6.45, 7) is 12.9. The minimum Gasteiger partial charge on any atom is -0.748 e. The fourth-order valence-electron chi connectivity index (χ4n) is 4.86. The monoisotopic (exact) mass is 749 g/mol. The van der Waals surface area contributed by atoms with Crippen LogP contribution in [0.2, 0.25) is 10.0 Å². The van der Waals surface area contributed by atoms with Crippen LogP contribution in [0.4, 0.5) is 5.69 Å². The topological polar surface area (TPSA) is 122 Å². The molecule has 1 N–H and O–H groups in total. The molecule has 1 aromatic heterocycles. The average Bonchev–Trinajstić information content (AvgIpc) is 3.49. The van der Waals surface area contributed by atoms with Crippen LogP contribution in [0.5, 0.6) is 0 Å². The zero-order chi connectivity index (χ0) is 34.1. The zero-order valence-electron chi connectivity index (χ0n) is 26.4. The fourth-order valence-corrected chi connectivity index (χ4v) is 8.46. The van der Waals surface area contributed by atoms with Gasteiger partial charge in [-0.3, -0.25) is 4.55 Å². The number of thiazole rings is 1. The predicted molar refractivity (Wildman–Crippen MR) is 192 cm³/mol. The summed E-state index contributed by atoms with van der Waals surface area (Å²) < 4.78 is 68.3. The van der Waals surface area contributed by atoms with E-state index >= 15 is 0 Å². The normalized spacial score (nSPS) is 14.7. The highest BCUT2D eigenvalue weighted by Gasteiger charge is 2.26. The molecule has 15 heteroatoms. The van der Waals surface area contributed by atoms with Crippen LogP contribution in [0, 0.1) is 0 Å². The Morgan fingerprint density at radius 1 is 0.978 bits per heavy atom. The summed E-state index contributed by atoms with van der Waals surface area (Å²) in [5.74, 6) is -0.807. The van der Waals surface area contributed by atoms with Crippen LogP contribution in [0.15, 0.2) is 58.0 Å². The first kappa shape index (κ1) is 38.8. The second kappa shape index (κ2) is 17.6. The highest BCUT2D eigenvalue weighted by Crippen LogP contribution is 2.47. The minimum atomic E-state index is -4.33. The Morgan fingerprint density at radius 2 is 1.63 bits per heavy atom. The van der Waals surface area contributed by atoms with E-state index in [0.29, 0.717) is 29.6 Å². The van der Waals surface area contributed by atoms with E-state index in [1.807, 2.05) is 52.8 Å². The maximum absolute atomic E-state index is 11.3. The Labute approximate surface area is 291 Å². The molecule has 0 unspecified atom stereocenters. The van der Waals surface area contributed by atoms with E-state index < -0.39 is 26.0 Å². The number of rotatable bonds is 14. The van der Waals surface area contributed by atoms with Gasteiger partial charge in [0.15, 0.2) is 6.54 Å². The second-order valence-corrected chi connectivity index (χ2v) is 16.6. The van der Waals surface area contributed by atoms with Crippen molar-refractivity contribution in [1.29, 1.82) is 0 Å². The average molecular weight is 751 g/mol. The van der Waals surface area contributed by atoms with Gasteiger partial charge in [0.2, 0.25) is 5.52 Å². The molecule has 0 spiro atoms. The van der Waals surface area contributed by atoms with Crippen LogP contribution in [0.3, 0.4) is 0 Å². The number of allylic oxidation sites excluding steroid dienone is 2. The molecule has 2 heterocycles. The van der Waals surface area contributed by atoms with Gasteiger partial charge in [-0.05, 0) is 74.5 Å². The van der Waals surface area contributed by atoms with Gasteiger partial charge in [-0.1, -0.05) is 74.0 Å². The van der Waals surface area contributed by atoms with Crippen molar-refractivity contribution in [3.8, 4) is 0 Å². The maximum atomic E-state index is 11.3. The van der Waals surface area contributed by atoms with Crippen LogP contribution in [0.1, 0.15) is 52.0 Å². The first-order chi connectivity index (χ1) is 21.7. The molecule has 0 atom stereocenters. The molecular weight excluding hydrogens is 710 g/mol. The van der Waals surface area contributed by atoms with Gasteiger partial charge in [-0.2, -0.15) is 13.0 Å². The third-order valence-electron chi connectivity index (χ3n) is 7.31. The van der Waals surface area contributed by atoms with E-state index in [4.69, 9.17) is 23.2 Å². The Balaban J connectivity index is 0.000000738. The summed E-state index contributed by atoms with van der Waals surface area (Å²) in [5.41, 5.74) is 2.71. The Morgan fingerprint density at radius 3 is 2.22 bits per heavy atom. The molecule has 0 bridgehead atoms. The number of anilines is 1. The van der Waals surface area contributed by atoms with Gasteiger partial charge in [-0.25, -0.2) is 8.42 Å². The number of aromatic nitrogens is 1. The number of benzene rings is 2. The van der Waals surface area contributed by atoms with Gasteiger partial charge in [0.25, 0.3) is 15.1 Å². The molecule has 1 aliphatic heterocycles. The van der Waals surface area contributed by atoms with Crippen LogP contribution in [-0.4, -0.2) is 68.5 Å². The van der Waals surface area contributed by atoms with E-state index in [1.54, 1.807) is 23.9 Å². The molecule has 46 heavy (non-hydrogen) atoms. The lowest BCUT2D eigenvalue weighted by Gasteiger charge is -2.20. The van der Waals surface area contributed by atoms with Crippen molar-refractivity contribution < 1.29 is 30.5 Å². The van der Waals surface area contributed by atoms with E-state index in [2.05, 4.69) is 25.7 Å².